The maximum atomic E-state index is 12.7. The third kappa shape index (κ3) is 4.88. The summed E-state index contributed by atoms with van der Waals surface area (Å²) in [6.45, 7) is 0.159. The SMILES string of the molecule is O=C(O)CN(Cc1ccccc1)C(=O)C1CCCCCC1. The second kappa shape index (κ2) is 7.81. The summed E-state index contributed by atoms with van der Waals surface area (Å²) >= 11 is 0. The van der Waals surface area contributed by atoms with E-state index in [-0.39, 0.29) is 18.4 Å². The molecule has 0 saturated heterocycles. The molecule has 1 saturated carbocycles. The van der Waals surface area contributed by atoms with E-state index in [0.29, 0.717) is 6.54 Å². The zero-order chi connectivity index (χ0) is 15.1. The molecule has 0 aliphatic heterocycles. The van der Waals surface area contributed by atoms with Crippen molar-refractivity contribution in [3.8, 4) is 0 Å². The Bertz CT molecular complexity index is 464. The van der Waals surface area contributed by atoms with Gasteiger partial charge in [0, 0.05) is 12.5 Å². The highest BCUT2D eigenvalue weighted by Crippen LogP contribution is 2.25. The maximum absolute atomic E-state index is 12.7. The van der Waals surface area contributed by atoms with Gasteiger partial charge in [-0.3, -0.25) is 9.59 Å². The minimum atomic E-state index is -0.951. The zero-order valence-electron chi connectivity index (χ0n) is 12.3. The summed E-state index contributed by atoms with van der Waals surface area (Å²) in [5, 5.41) is 9.07. The summed E-state index contributed by atoms with van der Waals surface area (Å²) in [6, 6.07) is 9.58. The van der Waals surface area contributed by atoms with Crippen LogP contribution in [0, 0.1) is 5.92 Å². The highest BCUT2D eigenvalue weighted by atomic mass is 16.4. The molecule has 1 N–H and O–H groups in total. The fourth-order valence-corrected chi connectivity index (χ4v) is 2.96. The Kier molecular flexibility index (Phi) is 5.78. The molecule has 1 amide bonds. The second-order valence-corrected chi connectivity index (χ2v) is 5.76. The summed E-state index contributed by atoms with van der Waals surface area (Å²) in [5.74, 6) is -0.952. The van der Waals surface area contributed by atoms with Gasteiger partial charge in [-0.15, -0.1) is 0 Å². The molecule has 4 heteroatoms. The number of carboxylic acids is 1. The average molecular weight is 289 g/mol. The van der Waals surface area contributed by atoms with Gasteiger partial charge in [0.2, 0.25) is 5.91 Å². The fourth-order valence-electron chi connectivity index (χ4n) is 2.96. The number of benzene rings is 1. The van der Waals surface area contributed by atoms with Crippen LogP contribution in [-0.4, -0.2) is 28.4 Å². The number of aliphatic carboxylic acids is 1. The highest BCUT2D eigenvalue weighted by molar-refractivity contribution is 5.83. The van der Waals surface area contributed by atoms with Crippen molar-refractivity contribution in [1.82, 2.24) is 4.90 Å². The lowest BCUT2D eigenvalue weighted by molar-refractivity contribution is -0.147. The van der Waals surface area contributed by atoms with Gasteiger partial charge in [-0.2, -0.15) is 0 Å². The molecule has 0 bridgehead atoms. The molecule has 1 aliphatic rings. The summed E-state index contributed by atoms with van der Waals surface area (Å²) in [4.78, 5) is 25.2. The largest absolute Gasteiger partial charge is 0.480 e. The quantitative estimate of drug-likeness (QED) is 0.847. The molecule has 2 rings (SSSR count). The van der Waals surface area contributed by atoms with E-state index in [1.54, 1.807) is 0 Å². The molecule has 0 aromatic heterocycles. The molecule has 0 atom stereocenters. The van der Waals surface area contributed by atoms with E-state index in [1.165, 1.54) is 17.7 Å². The lowest BCUT2D eigenvalue weighted by Gasteiger charge is -2.25. The number of hydrogen-bond acceptors (Lipinski definition) is 2. The summed E-state index contributed by atoms with van der Waals surface area (Å²) in [5.41, 5.74) is 0.973. The van der Waals surface area contributed by atoms with E-state index in [9.17, 15) is 9.59 Å². The molecule has 1 aromatic carbocycles. The van der Waals surface area contributed by atoms with Gasteiger partial charge in [0.1, 0.15) is 6.54 Å². The van der Waals surface area contributed by atoms with E-state index >= 15 is 0 Å². The smallest absolute Gasteiger partial charge is 0.323 e. The molecule has 0 heterocycles. The minimum Gasteiger partial charge on any atom is -0.480 e. The van der Waals surface area contributed by atoms with Gasteiger partial charge in [0.05, 0.1) is 0 Å². The first-order chi connectivity index (χ1) is 10.2. The van der Waals surface area contributed by atoms with Crippen LogP contribution in [0.3, 0.4) is 0 Å². The summed E-state index contributed by atoms with van der Waals surface area (Å²) in [7, 11) is 0. The Morgan fingerprint density at radius 2 is 1.67 bits per heavy atom. The standard InChI is InChI=1S/C17H23NO3/c19-16(20)13-18(12-14-8-4-3-5-9-14)17(21)15-10-6-1-2-7-11-15/h3-5,8-9,15H,1-2,6-7,10-13H2,(H,19,20). The molecular formula is C17H23NO3. The van der Waals surface area contributed by atoms with E-state index in [4.69, 9.17) is 5.11 Å². The third-order valence-corrected chi connectivity index (χ3v) is 4.06. The van der Waals surface area contributed by atoms with E-state index < -0.39 is 5.97 Å². The van der Waals surface area contributed by atoms with Gasteiger partial charge in [-0.1, -0.05) is 56.0 Å². The number of nitrogens with zero attached hydrogens (tertiary/aromatic N) is 1. The Labute approximate surface area is 125 Å². The van der Waals surface area contributed by atoms with Crippen LogP contribution >= 0.6 is 0 Å². The third-order valence-electron chi connectivity index (χ3n) is 4.06. The minimum absolute atomic E-state index is 0.00292. The number of hydrogen-bond donors (Lipinski definition) is 1. The Morgan fingerprint density at radius 1 is 1.05 bits per heavy atom. The van der Waals surface area contributed by atoms with E-state index in [2.05, 4.69) is 0 Å². The van der Waals surface area contributed by atoms with E-state index in [0.717, 1.165) is 31.2 Å². The van der Waals surface area contributed by atoms with Gasteiger partial charge >= 0.3 is 5.97 Å². The van der Waals surface area contributed by atoms with Crippen molar-refractivity contribution in [3.63, 3.8) is 0 Å². The number of carbonyl (C=O) groups is 2. The topological polar surface area (TPSA) is 57.6 Å². The van der Waals surface area contributed by atoms with Crippen LogP contribution in [0.25, 0.3) is 0 Å². The first kappa shape index (κ1) is 15.5. The number of carboxylic acid groups (broad SMARTS) is 1. The van der Waals surface area contributed by atoms with Crippen LogP contribution in [0.4, 0.5) is 0 Å². The van der Waals surface area contributed by atoms with Crippen molar-refractivity contribution in [2.75, 3.05) is 6.54 Å². The zero-order valence-corrected chi connectivity index (χ0v) is 12.3. The normalized spacial score (nSPS) is 16.2. The molecule has 21 heavy (non-hydrogen) atoms. The van der Waals surface area contributed by atoms with Gasteiger partial charge < -0.3 is 10.0 Å². The second-order valence-electron chi connectivity index (χ2n) is 5.76. The van der Waals surface area contributed by atoms with Crippen molar-refractivity contribution < 1.29 is 14.7 Å². The van der Waals surface area contributed by atoms with Crippen molar-refractivity contribution in [2.45, 2.75) is 45.1 Å². The van der Waals surface area contributed by atoms with Crippen LogP contribution in [0.1, 0.15) is 44.1 Å². The molecule has 0 unspecified atom stereocenters. The maximum Gasteiger partial charge on any atom is 0.323 e. The Hall–Kier alpha value is -1.84. The highest BCUT2D eigenvalue weighted by Gasteiger charge is 2.26. The van der Waals surface area contributed by atoms with Crippen molar-refractivity contribution in [1.29, 1.82) is 0 Å². The molecule has 1 aromatic rings. The summed E-state index contributed by atoms with van der Waals surface area (Å²) in [6.07, 6.45) is 6.29. The number of amides is 1. The molecular weight excluding hydrogens is 266 g/mol. The van der Waals surface area contributed by atoms with Crippen LogP contribution in [0.5, 0.6) is 0 Å². The summed E-state index contributed by atoms with van der Waals surface area (Å²) < 4.78 is 0. The Morgan fingerprint density at radius 3 is 2.24 bits per heavy atom. The number of carbonyl (C=O) groups excluding carboxylic acids is 1. The molecule has 0 radical (unpaired) electrons. The van der Waals surface area contributed by atoms with Gasteiger partial charge in [0.15, 0.2) is 0 Å². The van der Waals surface area contributed by atoms with Crippen LogP contribution in [0.15, 0.2) is 30.3 Å². The average Bonchev–Trinajstić information content (AvgIpc) is 2.75. The molecule has 1 aliphatic carbocycles. The van der Waals surface area contributed by atoms with Gasteiger partial charge in [0.25, 0.3) is 0 Å². The van der Waals surface area contributed by atoms with Gasteiger partial charge in [-0.25, -0.2) is 0 Å². The molecule has 4 nitrogen and oxygen atoms in total. The van der Waals surface area contributed by atoms with Crippen molar-refractivity contribution in [2.24, 2.45) is 5.92 Å². The van der Waals surface area contributed by atoms with E-state index in [1.807, 2.05) is 30.3 Å². The molecule has 0 spiro atoms. The van der Waals surface area contributed by atoms with Crippen LogP contribution in [-0.2, 0) is 16.1 Å². The van der Waals surface area contributed by atoms with Gasteiger partial charge in [-0.05, 0) is 18.4 Å². The molecule has 114 valence electrons. The predicted molar refractivity (Wildman–Crippen MR) is 80.7 cm³/mol. The lowest BCUT2D eigenvalue weighted by Crippen LogP contribution is -2.39. The van der Waals surface area contributed by atoms with Crippen LogP contribution < -0.4 is 0 Å². The lowest BCUT2D eigenvalue weighted by atomic mass is 9.98. The molecule has 1 fully saturated rings. The predicted octanol–water partition coefficient (Wildman–Crippen LogP) is 3.07. The first-order valence-corrected chi connectivity index (χ1v) is 7.71. The van der Waals surface area contributed by atoms with Crippen molar-refractivity contribution in [3.05, 3.63) is 35.9 Å². The fraction of sp³-hybridized carbons (Fsp3) is 0.529. The van der Waals surface area contributed by atoms with Crippen molar-refractivity contribution >= 4 is 11.9 Å². The monoisotopic (exact) mass is 289 g/mol. The van der Waals surface area contributed by atoms with Crippen LogP contribution in [0.2, 0.25) is 0 Å². The Balaban J connectivity index is 2.06. The first-order valence-electron chi connectivity index (χ1n) is 7.71. The number of rotatable bonds is 5.